The molecular formula is C16H15ClO2S. The number of carbonyl (C=O) groups excluding carboxylic acids is 1. The molecule has 0 fully saturated rings. The number of methoxy groups -OCH3 is 1. The Morgan fingerprint density at radius 1 is 1.20 bits per heavy atom. The Bertz CT molecular complexity index is 599. The second-order valence-corrected chi connectivity index (χ2v) is 5.76. The molecule has 0 saturated heterocycles. The van der Waals surface area contributed by atoms with Crippen molar-refractivity contribution < 1.29 is 9.53 Å². The van der Waals surface area contributed by atoms with Crippen LogP contribution in [0.15, 0.2) is 53.4 Å². The lowest BCUT2D eigenvalue weighted by Gasteiger charge is -2.07. The molecule has 2 aromatic carbocycles. The first-order valence-electron chi connectivity index (χ1n) is 6.21. The topological polar surface area (TPSA) is 26.3 Å². The number of Topliss-reactive ketones (excluding diaryl/α,β-unsaturated/α-hetero) is 1. The molecule has 0 heterocycles. The normalized spacial score (nSPS) is 10.3. The van der Waals surface area contributed by atoms with Gasteiger partial charge in [0.15, 0.2) is 0 Å². The number of benzene rings is 2. The van der Waals surface area contributed by atoms with E-state index in [2.05, 4.69) is 0 Å². The van der Waals surface area contributed by atoms with Crippen molar-refractivity contribution in [3.05, 3.63) is 59.1 Å². The predicted octanol–water partition coefficient (Wildman–Crippen LogP) is 4.25. The van der Waals surface area contributed by atoms with E-state index < -0.39 is 0 Å². The molecule has 0 bridgehead atoms. The zero-order chi connectivity index (χ0) is 14.4. The second-order valence-electron chi connectivity index (χ2n) is 4.27. The zero-order valence-electron chi connectivity index (χ0n) is 11.1. The van der Waals surface area contributed by atoms with Crippen LogP contribution in [0, 0.1) is 0 Å². The van der Waals surface area contributed by atoms with Gasteiger partial charge in [0, 0.05) is 21.9 Å². The predicted molar refractivity (Wildman–Crippen MR) is 83.9 cm³/mol. The summed E-state index contributed by atoms with van der Waals surface area (Å²) in [6.07, 6.45) is 0.386. The molecule has 0 unspecified atom stereocenters. The molecule has 0 aliphatic carbocycles. The fraction of sp³-hybridized carbons (Fsp3) is 0.188. The van der Waals surface area contributed by atoms with E-state index in [1.54, 1.807) is 7.11 Å². The molecule has 0 saturated carbocycles. The molecule has 2 aromatic rings. The van der Waals surface area contributed by atoms with Crippen molar-refractivity contribution in [3.8, 4) is 5.75 Å². The van der Waals surface area contributed by atoms with Crippen molar-refractivity contribution in [1.82, 2.24) is 0 Å². The van der Waals surface area contributed by atoms with Gasteiger partial charge in [0.1, 0.15) is 11.5 Å². The summed E-state index contributed by atoms with van der Waals surface area (Å²) in [6.45, 7) is 0. The van der Waals surface area contributed by atoms with Gasteiger partial charge in [0.05, 0.1) is 12.9 Å². The Morgan fingerprint density at radius 3 is 2.75 bits per heavy atom. The first kappa shape index (κ1) is 14.9. The number of para-hydroxylation sites is 1. The summed E-state index contributed by atoms with van der Waals surface area (Å²) in [6, 6.07) is 15.1. The molecule has 0 amide bonds. The van der Waals surface area contributed by atoms with Crippen LogP contribution in [-0.2, 0) is 11.2 Å². The van der Waals surface area contributed by atoms with Crippen LogP contribution < -0.4 is 4.74 Å². The van der Waals surface area contributed by atoms with Crippen molar-refractivity contribution in [3.63, 3.8) is 0 Å². The van der Waals surface area contributed by atoms with Crippen molar-refractivity contribution in [1.29, 1.82) is 0 Å². The van der Waals surface area contributed by atoms with Crippen LogP contribution in [0.3, 0.4) is 0 Å². The Labute approximate surface area is 128 Å². The van der Waals surface area contributed by atoms with Gasteiger partial charge in [-0.2, -0.15) is 0 Å². The van der Waals surface area contributed by atoms with E-state index in [1.165, 1.54) is 11.8 Å². The number of hydrogen-bond donors (Lipinski definition) is 0. The number of rotatable bonds is 6. The second kappa shape index (κ2) is 7.36. The third kappa shape index (κ3) is 4.29. The minimum Gasteiger partial charge on any atom is -0.496 e. The summed E-state index contributed by atoms with van der Waals surface area (Å²) >= 11 is 7.42. The number of thioether (sulfide) groups is 1. The van der Waals surface area contributed by atoms with Gasteiger partial charge in [-0.25, -0.2) is 0 Å². The van der Waals surface area contributed by atoms with Crippen molar-refractivity contribution in [2.45, 2.75) is 11.3 Å². The van der Waals surface area contributed by atoms with Gasteiger partial charge in [0.25, 0.3) is 0 Å². The smallest absolute Gasteiger partial charge is 0.147 e. The van der Waals surface area contributed by atoms with Gasteiger partial charge in [-0.05, 0) is 24.3 Å². The molecule has 2 nitrogen and oxygen atoms in total. The third-order valence-corrected chi connectivity index (χ3v) is 4.06. The van der Waals surface area contributed by atoms with E-state index in [1.807, 2.05) is 48.5 Å². The lowest BCUT2D eigenvalue weighted by molar-refractivity contribution is -0.116. The molecular weight excluding hydrogens is 292 g/mol. The van der Waals surface area contributed by atoms with Gasteiger partial charge in [0.2, 0.25) is 0 Å². The largest absolute Gasteiger partial charge is 0.496 e. The van der Waals surface area contributed by atoms with Crippen LogP contribution in [-0.4, -0.2) is 18.6 Å². The Balaban J connectivity index is 1.93. The van der Waals surface area contributed by atoms with E-state index in [0.717, 1.165) is 16.2 Å². The fourth-order valence-corrected chi connectivity index (χ4v) is 2.90. The summed E-state index contributed by atoms with van der Waals surface area (Å²) in [5.74, 6) is 1.35. The minimum absolute atomic E-state index is 0.166. The van der Waals surface area contributed by atoms with Crippen LogP contribution >= 0.6 is 23.4 Å². The van der Waals surface area contributed by atoms with Crippen molar-refractivity contribution >= 4 is 29.1 Å². The summed E-state index contributed by atoms with van der Waals surface area (Å²) in [5, 5.41) is 0.687. The highest BCUT2D eigenvalue weighted by Crippen LogP contribution is 2.23. The number of hydrogen-bond acceptors (Lipinski definition) is 3. The molecule has 2 rings (SSSR count). The van der Waals surface area contributed by atoms with Crippen LogP contribution in [0.4, 0.5) is 0 Å². The van der Waals surface area contributed by atoms with Crippen LogP contribution in [0.2, 0.25) is 5.02 Å². The maximum absolute atomic E-state index is 12.0. The average Bonchev–Trinajstić information content (AvgIpc) is 2.46. The highest BCUT2D eigenvalue weighted by atomic mass is 35.5. The van der Waals surface area contributed by atoms with E-state index in [4.69, 9.17) is 16.3 Å². The first-order chi connectivity index (χ1) is 9.69. The molecule has 0 aliphatic rings. The molecule has 4 heteroatoms. The monoisotopic (exact) mass is 306 g/mol. The number of halogens is 1. The molecule has 104 valence electrons. The Hall–Kier alpha value is -1.45. The van der Waals surface area contributed by atoms with Crippen LogP contribution in [0.25, 0.3) is 0 Å². The van der Waals surface area contributed by atoms with E-state index in [9.17, 15) is 4.79 Å². The van der Waals surface area contributed by atoms with Crippen molar-refractivity contribution in [2.75, 3.05) is 12.9 Å². The van der Waals surface area contributed by atoms with Gasteiger partial charge in [-0.1, -0.05) is 35.9 Å². The first-order valence-corrected chi connectivity index (χ1v) is 7.57. The molecule has 0 spiro atoms. The van der Waals surface area contributed by atoms with Crippen molar-refractivity contribution in [2.24, 2.45) is 0 Å². The number of ketones is 1. The number of ether oxygens (including phenoxy) is 1. The van der Waals surface area contributed by atoms with Gasteiger partial charge in [-0.3, -0.25) is 4.79 Å². The minimum atomic E-state index is 0.166. The summed E-state index contributed by atoms with van der Waals surface area (Å²) in [4.78, 5) is 13.0. The number of carbonyl (C=O) groups is 1. The van der Waals surface area contributed by atoms with E-state index in [0.29, 0.717) is 17.2 Å². The van der Waals surface area contributed by atoms with Gasteiger partial charge >= 0.3 is 0 Å². The molecule has 0 radical (unpaired) electrons. The lowest BCUT2D eigenvalue weighted by atomic mass is 10.1. The maximum Gasteiger partial charge on any atom is 0.147 e. The van der Waals surface area contributed by atoms with Crippen LogP contribution in [0.1, 0.15) is 5.56 Å². The molecule has 0 atom stereocenters. The third-order valence-electron chi connectivity index (χ3n) is 2.78. The summed E-state index contributed by atoms with van der Waals surface area (Å²) in [5.41, 5.74) is 0.923. The van der Waals surface area contributed by atoms with Gasteiger partial charge in [-0.15, -0.1) is 11.8 Å². The standard InChI is InChI=1S/C16H15ClO2S/c1-19-16-8-3-2-5-12(16)9-14(18)11-20-15-7-4-6-13(17)10-15/h2-8,10H,9,11H2,1H3. The highest BCUT2D eigenvalue weighted by molar-refractivity contribution is 8.00. The highest BCUT2D eigenvalue weighted by Gasteiger charge is 2.09. The quantitative estimate of drug-likeness (QED) is 0.746. The molecule has 0 aromatic heterocycles. The van der Waals surface area contributed by atoms with Gasteiger partial charge < -0.3 is 4.74 Å². The summed E-state index contributed by atoms with van der Waals surface area (Å²) < 4.78 is 5.25. The lowest BCUT2D eigenvalue weighted by Crippen LogP contribution is -2.06. The molecule has 20 heavy (non-hydrogen) atoms. The SMILES string of the molecule is COc1ccccc1CC(=O)CSc1cccc(Cl)c1. The van der Waals surface area contributed by atoms with E-state index >= 15 is 0 Å². The zero-order valence-corrected chi connectivity index (χ0v) is 12.7. The average molecular weight is 307 g/mol. The Kier molecular flexibility index (Phi) is 5.50. The Morgan fingerprint density at radius 2 is 2.00 bits per heavy atom. The molecule has 0 aliphatic heterocycles. The summed E-state index contributed by atoms with van der Waals surface area (Å²) in [7, 11) is 1.62. The maximum atomic E-state index is 12.0. The van der Waals surface area contributed by atoms with Crippen LogP contribution in [0.5, 0.6) is 5.75 Å². The fourth-order valence-electron chi connectivity index (χ4n) is 1.83. The molecule has 0 N–H and O–H groups in total. The van der Waals surface area contributed by atoms with E-state index in [-0.39, 0.29) is 5.78 Å².